The summed E-state index contributed by atoms with van der Waals surface area (Å²) in [7, 11) is -3.68. The number of carbonyl (C=O) groups is 2. The van der Waals surface area contributed by atoms with Crippen LogP contribution in [0.25, 0.3) is 0 Å². The van der Waals surface area contributed by atoms with E-state index in [2.05, 4.69) is 17.0 Å². The third-order valence-corrected chi connectivity index (χ3v) is 8.71. The fraction of sp³-hybridized carbons (Fsp3) is 0.500. The van der Waals surface area contributed by atoms with Gasteiger partial charge >= 0.3 is 0 Å². The number of nitrogen functional groups attached to an aromatic ring is 1. The van der Waals surface area contributed by atoms with E-state index < -0.39 is 22.1 Å². The molecule has 0 radical (unpaired) electrons. The van der Waals surface area contributed by atoms with Gasteiger partial charge in [-0.05, 0) is 36.8 Å². The molecule has 1 aliphatic heterocycles. The molecule has 3 rings (SSSR count). The number of amidine groups is 1. The van der Waals surface area contributed by atoms with Gasteiger partial charge in [0.2, 0.25) is 21.8 Å². The molecule has 2 atom stereocenters. The van der Waals surface area contributed by atoms with Crippen LogP contribution in [0.2, 0.25) is 0 Å². The zero-order valence-electron chi connectivity index (χ0n) is 23.4. The van der Waals surface area contributed by atoms with Gasteiger partial charge < -0.3 is 16.0 Å². The Kier molecular flexibility index (Phi) is 12.1. The van der Waals surface area contributed by atoms with Crippen molar-refractivity contribution < 1.29 is 18.0 Å². The van der Waals surface area contributed by atoms with Crippen LogP contribution < -0.4 is 15.8 Å². The second-order valence-corrected chi connectivity index (χ2v) is 12.3. The molecule has 0 aromatic heterocycles. The van der Waals surface area contributed by atoms with E-state index in [1.807, 2.05) is 30.3 Å². The first-order valence-corrected chi connectivity index (χ1v) is 15.9. The summed E-state index contributed by atoms with van der Waals surface area (Å²) in [5.74, 6) is -0.693. The third kappa shape index (κ3) is 9.75. The predicted molar refractivity (Wildman–Crippen MR) is 158 cm³/mol. The van der Waals surface area contributed by atoms with E-state index in [0.717, 1.165) is 43.2 Å². The summed E-state index contributed by atoms with van der Waals surface area (Å²) in [6.07, 6.45) is 7.16. The van der Waals surface area contributed by atoms with Crippen molar-refractivity contribution in [2.45, 2.75) is 83.3 Å². The molecule has 1 saturated heterocycles. The van der Waals surface area contributed by atoms with Crippen LogP contribution in [0.5, 0.6) is 0 Å². The number of unbranched alkanes of at least 4 members (excludes halogenated alkanes) is 5. The number of benzene rings is 2. The number of sulfonamides is 1. The van der Waals surface area contributed by atoms with Crippen LogP contribution in [-0.2, 0) is 32.6 Å². The van der Waals surface area contributed by atoms with E-state index in [1.165, 1.54) is 4.90 Å². The highest BCUT2D eigenvalue weighted by Gasteiger charge is 2.38. The van der Waals surface area contributed by atoms with E-state index in [0.29, 0.717) is 31.4 Å². The van der Waals surface area contributed by atoms with Gasteiger partial charge in [0.1, 0.15) is 17.9 Å². The lowest BCUT2D eigenvalue weighted by Gasteiger charge is -2.29. The van der Waals surface area contributed by atoms with Crippen LogP contribution in [0.1, 0.15) is 75.0 Å². The average Bonchev–Trinajstić information content (AvgIpc) is 3.44. The first kappa shape index (κ1) is 31.3. The Morgan fingerprint density at radius 3 is 2.35 bits per heavy atom. The summed E-state index contributed by atoms with van der Waals surface area (Å²) in [5, 5.41) is 10.4. The Morgan fingerprint density at radius 2 is 1.68 bits per heavy atom. The highest BCUT2D eigenvalue weighted by molar-refractivity contribution is 7.89. The number of hydrogen-bond acceptors (Lipinski definition) is 5. The Labute approximate surface area is 238 Å². The summed E-state index contributed by atoms with van der Waals surface area (Å²) >= 11 is 0. The Hall–Kier alpha value is -3.24. The Morgan fingerprint density at radius 1 is 1.00 bits per heavy atom. The third-order valence-electron chi connectivity index (χ3n) is 7.24. The lowest BCUT2D eigenvalue weighted by molar-refractivity contribution is -0.139. The highest BCUT2D eigenvalue weighted by atomic mass is 32.2. The minimum atomic E-state index is -3.68. The van der Waals surface area contributed by atoms with E-state index in [-0.39, 0.29) is 36.4 Å². The molecular formula is C30H43N5O4S. The molecule has 2 aromatic rings. The summed E-state index contributed by atoms with van der Waals surface area (Å²) in [6.45, 7) is 2.81. The number of nitrogens with zero attached hydrogens (tertiary/aromatic N) is 1. The molecule has 2 amide bonds. The molecule has 2 aromatic carbocycles. The number of nitrogens with one attached hydrogen (secondary N) is 3. The second kappa shape index (κ2) is 15.5. The minimum Gasteiger partial charge on any atom is -0.384 e. The summed E-state index contributed by atoms with van der Waals surface area (Å²) in [4.78, 5) is 28.4. The number of nitrogens with two attached hydrogens (primary N) is 1. The fourth-order valence-corrected chi connectivity index (χ4v) is 6.31. The summed E-state index contributed by atoms with van der Waals surface area (Å²) in [6, 6.07) is 14.7. The van der Waals surface area contributed by atoms with Crippen molar-refractivity contribution in [2.75, 3.05) is 12.3 Å². The maximum Gasteiger partial charge on any atom is 0.243 e. The van der Waals surface area contributed by atoms with Crippen LogP contribution in [0.3, 0.4) is 0 Å². The van der Waals surface area contributed by atoms with Gasteiger partial charge in [0, 0.05) is 18.7 Å². The number of hydrogen-bond donors (Lipinski definition) is 4. The van der Waals surface area contributed by atoms with Gasteiger partial charge in [0.05, 0.1) is 5.75 Å². The Balaban J connectivity index is 1.65. The molecule has 1 fully saturated rings. The molecular weight excluding hydrogens is 526 g/mol. The van der Waals surface area contributed by atoms with E-state index in [1.54, 1.807) is 24.3 Å². The fourth-order valence-electron chi connectivity index (χ4n) is 4.99. The number of rotatable bonds is 16. The van der Waals surface area contributed by atoms with E-state index in [9.17, 15) is 18.0 Å². The maximum absolute atomic E-state index is 13.8. The van der Waals surface area contributed by atoms with Crippen molar-refractivity contribution in [3.8, 4) is 0 Å². The Bertz CT molecular complexity index is 1220. The molecule has 10 heteroatoms. The number of likely N-dealkylation sites (tertiary alicyclic amines) is 1. The van der Waals surface area contributed by atoms with Crippen molar-refractivity contribution in [3.05, 3.63) is 71.3 Å². The monoisotopic (exact) mass is 569 g/mol. The van der Waals surface area contributed by atoms with Gasteiger partial charge in [-0.2, -0.15) is 0 Å². The zero-order chi connectivity index (χ0) is 29.0. The standard InChI is InChI=1S/C30H43N5O4S/c1-2-3-4-5-6-10-20-40(38,39)34-26(21-23-12-8-7-9-13-23)30(37)35-19-11-14-27(35)29(36)33-22-24-15-17-25(18-16-24)28(31)32/h7-9,12-13,15-18,26-27,34H,2-6,10-11,14,19-22H2,1H3,(H3,31,32)(H,33,36)/t26-,27+/m1/s1. The van der Waals surface area contributed by atoms with Gasteiger partial charge in [-0.15, -0.1) is 0 Å². The van der Waals surface area contributed by atoms with E-state index >= 15 is 0 Å². The van der Waals surface area contributed by atoms with Crippen molar-refractivity contribution in [1.29, 1.82) is 5.41 Å². The predicted octanol–water partition coefficient (Wildman–Crippen LogP) is 3.47. The maximum atomic E-state index is 13.8. The first-order valence-electron chi connectivity index (χ1n) is 14.3. The molecule has 5 N–H and O–H groups in total. The van der Waals surface area contributed by atoms with Gasteiger partial charge in [-0.25, -0.2) is 13.1 Å². The van der Waals surface area contributed by atoms with Crippen LogP contribution in [0.4, 0.5) is 0 Å². The van der Waals surface area contributed by atoms with Crippen molar-refractivity contribution in [1.82, 2.24) is 14.9 Å². The first-order chi connectivity index (χ1) is 19.2. The molecule has 40 heavy (non-hydrogen) atoms. The number of amides is 2. The van der Waals surface area contributed by atoms with Gasteiger partial charge in [0.15, 0.2) is 0 Å². The van der Waals surface area contributed by atoms with Crippen molar-refractivity contribution in [3.63, 3.8) is 0 Å². The molecule has 218 valence electrons. The van der Waals surface area contributed by atoms with Gasteiger partial charge in [0.25, 0.3) is 0 Å². The molecule has 0 aliphatic carbocycles. The molecule has 9 nitrogen and oxygen atoms in total. The number of carbonyl (C=O) groups excluding carboxylic acids is 2. The summed E-state index contributed by atoms with van der Waals surface area (Å²) < 4.78 is 28.7. The second-order valence-electron chi connectivity index (χ2n) is 10.5. The zero-order valence-corrected chi connectivity index (χ0v) is 24.2. The molecule has 1 heterocycles. The van der Waals surface area contributed by atoms with Gasteiger partial charge in [-0.3, -0.25) is 15.0 Å². The van der Waals surface area contributed by atoms with Crippen molar-refractivity contribution >= 4 is 27.7 Å². The van der Waals surface area contributed by atoms with Crippen LogP contribution in [-0.4, -0.2) is 55.3 Å². The lowest BCUT2D eigenvalue weighted by Crippen LogP contribution is -2.54. The molecule has 1 aliphatic rings. The molecule has 0 saturated carbocycles. The van der Waals surface area contributed by atoms with Gasteiger partial charge in [-0.1, -0.05) is 93.6 Å². The SMILES string of the molecule is CCCCCCCCS(=O)(=O)N[C@H](Cc1ccccc1)C(=O)N1CCC[C@H]1C(=O)NCc1ccc(C(=N)N)cc1. The van der Waals surface area contributed by atoms with E-state index in [4.69, 9.17) is 11.1 Å². The van der Waals surface area contributed by atoms with Crippen LogP contribution in [0, 0.1) is 5.41 Å². The van der Waals surface area contributed by atoms with Crippen LogP contribution >= 0.6 is 0 Å². The summed E-state index contributed by atoms with van der Waals surface area (Å²) in [5.41, 5.74) is 7.80. The van der Waals surface area contributed by atoms with Crippen LogP contribution in [0.15, 0.2) is 54.6 Å². The normalized spacial score (nSPS) is 16.0. The smallest absolute Gasteiger partial charge is 0.243 e. The topological polar surface area (TPSA) is 145 Å². The lowest BCUT2D eigenvalue weighted by atomic mass is 10.0. The highest BCUT2D eigenvalue weighted by Crippen LogP contribution is 2.20. The van der Waals surface area contributed by atoms with Crippen molar-refractivity contribution in [2.24, 2.45) is 5.73 Å². The molecule has 0 unspecified atom stereocenters. The average molecular weight is 570 g/mol. The largest absolute Gasteiger partial charge is 0.384 e. The molecule has 0 spiro atoms. The minimum absolute atomic E-state index is 0.0238. The quantitative estimate of drug-likeness (QED) is 0.139. The molecule has 0 bridgehead atoms.